The average molecular weight is 353 g/mol. The Hall–Kier alpha value is -3.48. The lowest BCUT2D eigenvalue weighted by atomic mass is 10.1. The highest BCUT2D eigenvalue weighted by Gasteiger charge is 2.15. The monoisotopic (exact) mass is 353 g/mol. The van der Waals surface area contributed by atoms with Crippen molar-refractivity contribution in [2.24, 2.45) is 0 Å². The number of hydrogen-bond acceptors (Lipinski definition) is 6. The third-order valence-electron chi connectivity index (χ3n) is 3.88. The smallest absolute Gasteiger partial charge is 0.248 e. The molecule has 0 saturated carbocycles. The van der Waals surface area contributed by atoms with Gasteiger partial charge in [0.25, 0.3) is 0 Å². The molecular formula is C19H15NO6. The molecule has 0 aromatic heterocycles. The molecule has 0 unspecified atom stereocenters. The van der Waals surface area contributed by atoms with Gasteiger partial charge in [0.1, 0.15) is 0 Å². The van der Waals surface area contributed by atoms with Crippen LogP contribution >= 0.6 is 0 Å². The lowest BCUT2D eigenvalue weighted by molar-refractivity contribution is -0.115. The largest absolute Gasteiger partial charge is 0.454 e. The van der Waals surface area contributed by atoms with Crippen LogP contribution in [0.2, 0.25) is 0 Å². The van der Waals surface area contributed by atoms with Gasteiger partial charge in [-0.15, -0.1) is 0 Å². The van der Waals surface area contributed by atoms with Crippen LogP contribution in [0.15, 0.2) is 48.6 Å². The second kappa shape index (κ2) is 6.79. The lowest BCUT2D eigenvalue weighted by Crippen LogP contribution is -2.09. The second-order valence-corrected chi connectivity index (χ2v) is 5.72. The molecule has 7 heteroatoms. The van der Waals surface area contributed by atoms with Crippen LogP contribution in [0.1, 0.15) is 5.56 Å². The van der Waals surface area contributed by atoms with Crippen LogP contribution in [-0.4, -0.2) is 25.3 Å². The highest BCUT2D eigenvalue weighted by atomic mass is 16.7. The van der Waals surface area contributed by atoms with Crippen molar-refractivity contribution in [2.75, 3.05) is 18.9 Å². The van der Waals surface area contributed by atoms with E-state index < -0.39 is 5.91 Å². The van der Waals surface area contributed by atoms with E-state index in [0.717, 1.165) is 5.56 Å². The van der Waals surface area contributed by atoms with Gasteiger partial charge in [-0.05, 0) is 35.9 Å². The first-order valence-corrected chi connectivity index (χ1v) is 7.97. The molecule has 7 nitrogen and oxygen atoms in total. The maximum Gasteiger partial charge on any atom is 0.248 e. The minimum absolute atomic E-state index is 0.168. The molecule has 0 fully saturated rings. The molecule has 26 heavy (non-hydrogen) atoms. The van der Waals surface area contributed by atoms with E-state index in [1.165, 1.54) is 12.2 Å². The Morgan fingerprint density at radius 1 is 0.846 bits per heavy atom. The summed E-state index contributed by atoms with van der Waals surface area (Å²) in [6.45, 7) is 0.355. The average Bonchev–Trinajstić information content (AvgIpc) is 3.28. The quantitative estimate of drug-likeness (QED) is 0.832. The maximum atomic E-state index is 12.0. The van der Waals surface area contributed by atoms with Gasteiger partial charge in [-0.1, -0.05) is 6.07 Å². The molecule has 0 spiro atoms. The van der Waals surface area contributed by atoms with E-state index in [-0.39, 0.29) is 25.8 Å². The summed E-state index contributed by atoms with van der Waals surface area (Å²) in [5, 5.41) is 2.67. The van der Waals surface area contributed by atoms with Crippen LogP contribution in [0.25, 0.3) is 0 Å². The molecule has 2 aliphatic heterocycles. The standard InChI is InChI=1S/C19H15NO6/c21-14(7-12-1-4-15-17(8-12)25-10-23-15)3-6-19(22)20-13-2-5-16-18(9-13)26-11-24-16/h1-6,8-9H,7,10-11H2,(H,20,22)/b6-3+. The molecule has 0 radical (unpaired) electrons. The Kier molecular flexibility index (Phi) is 4.18. The van der Waals surface area contributed by atoms with Gasteiger partial charge in [-0.25, -0.2) is 0 Å². The highest BCUT2D eigenvalue weighted by Crippen LogP contribution is 2.34. The van der Waals surface area contributed by atoms with Crippen LogP contribution in [0.3, 0.4) is 0 Å². The predicted molar refractivity (Wildman–Crippen MR) is 91.6 cm³/mol. The first-order chi connectivity index (χ1) is 12.7. The van der Waals surface area contributed by atoms with Gasteiger partial charge >= 0.3 is 0 Å². The Balaban J connectivity index is 1.33. The number of hydrogen-bond donors (Lipinski definition) is 1. The molecule has 2 aliphatic rings. The van der Waals surface area contributed by atoms with Gasteiger partial charge in [-0.2, -0.15) is 0 Å². The lowest BCUT2D eigenvalue weighted by Gasteiger charge is -2.03. The Labute approximate surface area is 149 Å². The first kappa shape index (κ1) is 16.0. The summed E-state index contributed by atoms with van der Waals surface area (Å²) in [5.41, 5.74) is 1.35. The molecule has 0 bridgehead atoms. The van der Waals surface area contributed by atoms with Crippen molar-refractivity contribution in [1.29, 1.82) is 0 Å². The number of amides is 1. The van der Waals surface area contributed by atoms with Crippen molar-refractivity contribution in [3.05, 3.63) is 54.1 Å². The fourth-order valence-corrected chi connectivity index (χ4v) is 2.64. The van der Waals surface area contributed by atoms with Crippen molar-refractivity contribution in [1.82, 2.24) is 0 Å². The van der Waals surface area contributed by atoms with Crippen LogP contribution in [0.4, 0.5) is 5.69 Å². The number of anilines is 1. The van der Waals surface area contributed by atoms with E-state index in [2.05, 4.69) is 5.32 Å². The second-order valence-electron chi connectivity index (χ2n) is 5.72. The molecule has 2 heterocycles. The number of rotatable bonds is 5. The van der Waals surface area contributed by atoms with Gasteiger partial charge in [0.05, 0.1) is 0 Å². The van der Waals surface area contributed by atoms with E-state index in [0.29, 0.717) is 28.7 Å². The third kappa shape index (κ3) is 3.46. The SMILES string of the molecule is O=C(/C=C/C(=O)Nc1ccc2c(c1)OCO2)Cc1ccc2c(c1)OCO2. The number of allylic oxidation sites excluding steroid dienone is 1. The zero-order valence-electron chi connectivity index (χ0n) is 13.7. The van der Waals surface area contributed by atoms with Crippen molar-refractivity contribution < 1.29 is 28.5 Å². The van der Waals surface area contributed by atoms with Crippen LogP contribution in [0, 0.1) is 0 Å². The zero-order chi connectivity index (χ0) is 17.9. The van der Waals surface area contributed by atoms with Crippen molar-refractivity contribution in [2.45, 2.75) is 6.42 Å². The number of ketones is 1. The summed E-state index contributed by atoms with van der Waals surface area (Å²) in [6, 6.07) is 10.4. The topological polar surface area (TPSA) is 83.1 Å². The van der Waals surface area contributed by atoms with Crippen LogP contribution in [-0.2, 0) is 16.0 Å². The van der Waals surface area contributed by atoms with Gasteiger partial charge in [0, 0.05) is 24.3 Å². The fraction of sp³-hybridized carbons (Fsp3) is 0.158. The number of nitrogens with one attached hydrogen (secondary N) is 1. The maximum absolute atomic E-state index is 12.0. The van der Waals surface area contributed by atoms with Gasteiger partial charge in [0.2, 0.25) is 19.5 Å². The number of ether oxygens (including phenoxy) is 4. The highest BCUT2D eigenvalue weighted by molar-refractivity contribution is 6.04. The molecule has 1 N–H and O–H groups in total. The van der Waals surface area contributed by atoms with Crippen LogP contribution in [0.5, 0.6) is 23.0 Å². The third-order valence-corrected chi connectivity index (χ3v) is 3.88. The zero-order valence-corrected chi connectivity index (χ0v) is 13.7. The molecule has 1 amide bonds. The summed E-state index contributed by atoms with van der Waals surface area (Å²) in [5.74, 6) is 1.91. The molecule has 0 saturated heterocycles. The van der Waals surface area contributed by atoms with E-state index in [9.17, 15) is 9.59 Å². The molecular weight excluding hydrogens is 338 g/mol. The minimum Gasteiger partial charge on any atom is -0.454 e. The summed E-state index contributed by atoms with van der Waals surface area (Å²) in [6.07, 6.45) is 2.64. The van der Waals surface area contributed by atoms with E-state index in [1.807, 2.05) is 0 Å². The molecule has 2 aromatic carbocycles. The summed E-state index contributed by atoms with van der Waals surface area (Å²) in [7, 11) is 0. The number of benzene rings is 2. The van der Waals surface area contributed by atoms with Crippen molar-refractivity contribution >= 4 is 17.4 Å². The van der Waals surface area contributed by atoms with Crippen molar-refractivity contribution in [3.8, 4) is 23.0 Å². The molecule has 2 aromatic rings. The van der Waals surface area contributed by atoms with E-state index in [1.54, 1.807) is 36.4 Å². The minimum atomic E-state index is -0.400. The normalized spacial score (nSPS) is 13.8. The van der Waals surface area contributed by atoms with Gasteiger partial charge < -0.3 is 24.3 Å². The predicted octanol–water partition coefficient (Wildman–Crippen LogP) is 2.45. The number of carbonyl (C=O) groups excluding carboxylic acids is 2. The molecule has 132 valence electrons. The molecule has 0 aliphatic carbocycles. The molecule has 0 atom stereocenters. The fourth-order valence-electron chi connectivity index (χ4n) is 2.64. The summed E-state index contributed by atoms with van der Waals surface area (Å²) < 4.78 is 21.0. The summed E-state index contributed by atoms with van der Waals surface area (Å²) >= 11 is 0. The van der Waals surface area contributed by atoms with Crippen molar-refractivity contribution in [3.63, 3.8) is 0 Å². The Morgan fingerprint density at radius 2 is 1.50 bits per heavy atom. The number of carbonyl (C=O) groups is 2. The van der Waals surface area contributed by atoms with E-state index >= 15 is 0 Å². The van der Waals surface area contributed by atoms with E-state index in [4.69, 9.17) is 18.9 Å². The Bertz CT molecular complexity index is 831. The summed E-state index contributed by atoms with van der Waals surface area (Å²) in [4.78, 5) is 24.0. The first-order valence-electron chi connectivity index (χ1n) is 7.97. The Morgan fingerprint density at radius 3 is 2.27 bits per heavy atom. The van der Waals surface area contributed by atoms with Gasteiger partial charge in [-0.3, -0.25) is 9.59 Å². The number of fused-ring (bicyclic) bond motifs is 2. The van der Waals surface area contributed by atoms with Crippen LogP contribution < -0.4 is 24.3 Å². The molecule has 4 rings (SSSR count). The van der Waals surface area contributed by atoms with Gasteiger partial charge in [0.15, 0.2) is 28.8 Å².